The number of nitrogens with zero attached hydrogens (tertiary/aromatic N) is 1. The first kappa shape index (κ1) is 25.6. The van der Waals surface area contributed by atoms with Crippen LogP contribution in [0.25, 0.3) is 0 Å². The van der Waals surface area contributed by atoms with Crippen molar-refractivity contribution in [2.45, 2.75) is 64.8 Å². The topological polar surface area (TPSA) is 67.9 Å². The molecular formula is C28H38N2O4. The second-order valence-electron chi connectivity index (χ2n) is 9.82. The molecule has 0 bridgehead atoms. The van der Waals surface area contributed by atoms with E-state index in [4.69, 9.17) is 9.47 Å². The number of rotatable bonds is 9. The van der Waals surface area contributed by atoms with Crippen molar-refractivity contribution in [3.63, 3.8) is 0 Å². The molecule has 1 aliphatic rings. The second-order valence-corrected chi connectivity index (χ2v) is 9.82. The molecule has 0 saturated carbocycles. The van der Waals surface area contributed by atoms with Crippen LogP contribution in [0.4, 0.5) is 0 Å². The quantitative estimate of drug-likeness (QED) is 0.530. The lowest BCUT2D eigenvalue weighted by Crippen LogP contribution is -2.46. The Bertz CT molecular complexity index is 924. The lowest BCUT2D eigenvalue weighted by molar-refractivity contribution is -0.122. The van der Waals surface area contributed by atoms with Gasteiger partial charge >= 0.3 is 0 Å². The third-order valence-corrected chi connectivity index (χ3v) is 6.10. The molecule has 0 spiro atoms. The van der Waals surface area contributed by atoms with Crippen LogP contribution in [-0.4, -0.2) is 49.1 Å². The minimum Gasteiger partial charge on any atom is -0.494 e. The maximum atomic E-state index is 12.7. The van der Waals surface area contributed by atoms with E-state index in [0.29, 0.717) is 44.7 Å². The van der Waals surface area contributed by atoms with Crippen LogP contribution in [0.2, 0.25) is 0 Å². The average Bonchev–Trinajstić information content (AvgIpc) is 2.82. The maximum Gasteiger partial charge on any atom is 0.253 e. The molecule has 0 atom stereocenters. The summed E-state index contributed by atoms with van der Waals surface area (Å²) in [5.41, 5.74) is 2.06. The van der Waals surface area contributed by atoms with E-state index in [-0.39, 0.29) is 23.3 Å². The fraction of sp³-hybridized carbons (Fsp3) is 0.500. The number of ether oxygens (including phenoxy) is 2. The number of carbonyl (C=O) groups excluding carboxylic acids is 2. The molecule has 1 fully saturated rings. The van der Waals surface area contributed by atoms with Gasteiger partial charge in [0.25, 0.3) is 5.91 Å². The van der Waals surface area contributed by atoms with Crippen LogP contribution in [0.1, 0.15) is 69.3 Å². The van der Waals surface area contributed by atoms with Crippen LogP contribution in [0.15, 0.2) is 48.5 Å². The average molecular weight is 467 g/mol. The lowest BCUT2D eigenvalue weighted by Gasteiger charge is -2.32. The van der Waals surface area contributed by atoms with Crippen molar-refractivity contribution in [1.29, 1.82) is 0 Å². The summed E-state index contributed by atoms with van der Waals surface area (Å²) < 4.78 is 11.2. The van der Waals surface area contributed by atoms with E-state index in [1.807, 2.05) is 48.2 Å². The van der Waals surface area contributed by atoms with Gasteiger partial charge in [0.1, 0.15) is 11.5 Å². The summed E-state index contributed by atoms with van der Waals surface area (Å²) in [5, 5.41) is 3.11. The van der Waals surface area contributed by atoms with Gasteiger partial charge in [0.15, 0.2) is 0 Å². The lowest BCUT2D eigenvalue weighted by atomic mass is 9.87. The van der Waals surface area contributed by atoms with E-state index in [0.717, 1.165) is 24.3 Å². The zero-order valence-corrected chi connectivity index (χ0v) is 20.9. The number of likely N-dealkylation sites (tertiary alicyclic amines) is 1. The summed E-state index contributed by atoms with van der Waals surface area (Å²) in [6.07, 6.45) is 2.64. The van der Waals surface area contributed by atoms with Crippen LogP contribution in [0.3, 0.4) is 0 Å². The molecule has 1 N–H and O–H groups in total. The van der Waals surface area contributed by atoms with Crippen molar-refractivity contribution < 1.29 is 19.1 Å². The van der Waals surface area contributed by atoms with Crippen molar-refractivity contribution in [1.82, 2.24) is 10.2 Å². The summed E-state index contributed by atoms with van der Waals surface area (Å²) in [6, 6.07) is 15.5. The van der Waals surface area contributed by atoms with Crippen molar-refractivity contribution in [3.8, 4) is 11.5 Å². The number of amides is 2. The highest BCUT2D eigenvalue weighted by molar-refractivity contribution is 5.94. The van der Waals surface area contributed by atoms with Crippen molar-refractivity contribution in [2.75, 3.05) is 26.3 Å². The summed E-state index contributed by atoms with van der Waals surface area (Å²) in [5.74, 6) is 1.67. The minimum absolute atomic E-state index is 0.0282. The third kappa shape index (κ3) is 7.51. The van der Waals surface area contributed by atoms with E-state index in [9.17, 15) is 9.59 Å². The largest absolute Gasteiger partial charge is 0.494 e. The van der Waals surface area contributed by atoms with Crippen LogP contribution in [0.5, 0.6) is 11.5 Å². The predicted octanol–water partition coefficient (Wildman–Crippen LogP) is 4.96. The summed E-state index contributed by atoms with van der Waals surface area (Å²) in [6.45, 7) is 10.9. The van der Waals surface area contributed by atoms with E-state index >= 15 is 0 Å². The Kier molecular flexibility index (Phi) is 8.97. The SMILES string of the molecule is CCOc1ccc(C(=O)N2CCC(NC(=O)CCCOc3ccc(C(C)(C)C)cc3)CC2)cc1. The first-order chi connectivity index (χ1) is 16.3. The fourth-order valence-electron chi connectivity index (χ4n) is 4.04. The molecule has 1 aliphatic heterocycles. The normalized spacial score (nSPS) is 14.5. The first-order valence-electron chi connectivity index (χ1n) is 12.3. The fourth-order valence-corrected chi connectivity index (χ4v) is 4.04. The summed E-state index contributed by atoms with van der Waals surface area (Å²) in [4.78, 5) is 26.9. The molecule has 0 aromatic heterocycles. The van der Waals surface area contributed by atoms with Crippen molar-refractivity contribution in [2.24, 2.45) is 0 Å². The number of nitrogens with one attached hydrogen (secondary N) is 1. The Morgan fingerprint density at radius 1 is 0.941 bits per heavy atom. The molecule has 0 aliphatic carbocycles. The first-order valence-corrected chi connectivity index (χ1v) is 12.3. The van der Waals surface area contributed by atoms with Gasteiger partial charge in [-0.3, -0.25) is 9.59 Å². The highest BCUT2D eigenvalue weighted by Gasteiger charge is 2.24. The molecule has 2 aromatic rings. The molecule has 0 radical (unpaired) electrons. The van der Waals surface area contributed by atoms with Gasteiger partial charge in [-0.2, -0.15) is 0 Å². The van der Waals surface area contributed by atoms with Gasteiger partial charge in [0.05, 0.1) is 13.2 Å². The van der Waals surface area contributed by atoms with Gasteiger partial charge in [-0.25, -0.2) is 0 Å². The zero-order valence-electron chi connectivity index (χ0n) is 20.9. The maximum absolute atomic E-state index is 12.7. The summed E-state index contributed by atoms with van der Waals surface area (Å²) >= 11 is 0. The van der Waals surface area contributed by atoms with Crippen LogP contribution < -0.4 is 14.8 Å². The molecular weight excluding hydrogens is 428 g/mol. The van der Waals surface area contributed by atoms with Crippen molar-refractivity contribution >= 4 is 11.8 Å². The highest BCUT2D eigenvalue weighted by Crippen LogP contribution is 2.24. The molecule has 6 nitrogen and oxygen atoms in total. The van der Waals surface area contributed by atoms with Gasteiger partial charge in [-0.1, -0.05) is 32.9 Å². The van der Waals surface area contributed by atoms with Crippen LogP contribution in [0, 0.1) is 0 Å². The minimum atomic E-state index is 0.0282. The predicted molar refractivity (Wildman–Crippen MR) is 135 cm³/mol. The second kappa shape index (κ2) is 11.9. The van der Waals surface area contributed by atoms with Crippen LogP contribution in [-0.2, 0) is 10.2 Å². The van der Waals surface area contributed by atoms with E-state index in [1.165, 1.54) is 5.56 Å². The van der Waals surface area contributed by atoms with Gasteiger partial charge in [0, 0.05) is 31.1 Å². The Balaban J connectivity index is 1.33. The molecule has 0 unspecified atom stereocenters. The van der Waals surface area contributed by atoms with E-state index in [1.54, 1.807) is 0 Å². The Hall–Kier alpha value is -3.02. The standard InChI is InChI=1S/C28H38N2O4/c1-5-33-24-12-8-21(9-13-24)27(32)30-18-16-23(17-19-30)29-26(31)7-6-20-34-25-14-10-22(11-15-25)28(2,3)4/h8-15,23H,5-7,16-20H2,1-4H3,(H,29,31). The molecule has 34 heavy (non-hydrogen) atoms. The molecule has 2 amide bonds. The monoisotopic (exact) mass is 466 g/mol. The van der Waals surface area contributed by atoms with Gasteiger partial charge in [-0.05, 0) is 73.6 Å². The van der Waals surface area contributed by atoms with Gasteiger partial charge in [0.2, 0.25) is 5.91 Å². The Morgan fingerprint density at radius 2 is 1.53 bits per heavy atom. The molecule has 1 heterocycles. The van der Waals surface area contributed by atoms with Crippen LogP contribution >= 0.6 is 0 Å². The number of benzene rings is 2. The summed E-state index contributed by atoms with van der Waals surface area (Å²) in [7, 11) is 0. The Labute approximate surface area is 203 Å². The van der Waals surface area contributed by atoms with E-state index < -0.39 is 0 Å². The Morgan fingerprint density at radius 3 is 2.12 bits per heavy atom. The van der Waals surface area contributed by atoms with E-state index in [2.05, 4.69) is 38.2 Å². The highest BCUT2D eigenvalue weighted by atomic mass is 16.5. The molecule has 3 rings (SSSR count). The molecule has 184 valence electrons. The molecule has 2 aromatic carbocycles. The smallest absolute Gasteiger partial charge is 0.253 e. The number of hydrogen-bond donors (Lipinski definition) is 1. The number of piperidine rings is 1. The van der Waals surface area contributed by atoms with Gasteiger partial charge < -0.3 is 19.7 Å². The van der Waals surface area contributed by atoms with Crippen molar-refractivity contribution in [3.05, 3.63) is 59.7 Å². The van der Waals surface area contributed by atoms with Gasteiger partial charge in [-0.15, -0.1) is 0 Å². The number of hydrogen-bond acceptors (Lipinski definition) is 4. The molecule has 6 heteroatoms. The third-order valence-electron chi connectivity index (χ3n) is 6.10. The zero-order chi connectivity index (χ0) is 24.6. The number of carbonyl (C=O) groups is 2. The molecule has 1 saturated heterocycles.